The van der Waals surface area contributed by atoms with E-state index in [1.54, 1.807) is 36.4 Å². The fourth-order valence-corrected chi connectivity index (χ4v) is 1.64. The first-order valence-electron chi connectivity index (χ1n) is 5.93. The van der Waals surface area contributed by atoms with Crippen molar-refractivity contribution < 1.29 is 19.2 Å². The highest BCUT2D eigenvalue weighted by molar-refractivity contribution is 6.08. The molecule has 102 valence electrons. The molecular formula is C15H13NO4. The van der Waals surface area contributed by atoms with Gasteiger partial charge in [0.2, 0.25) is 0 Å². The predicted octanol–water partition coefficient (Wildman–Crippen LogP) is 1.71. The van der Waals surface area contributed by atoms with E-state index in [0.29, 0.717) is 16.9 Å². The third-order valence-electron chi connectivity index (χ3n) is 2.64. The van der Waals surface area contributed by atoms with Gasteiger partial charge in [-0.1, -0.05) is 30.3 Å². The molecule has 0 aliphatic carbocycles. The van der Waals surface area contributed by atoms with E-state index in [1.165, 1.54) is 0 Å². The molecule has 5 nitrogen and oxygen atoms in total. The van der Waals surface area contributed by atoms with E-state index < -0.39 is 5.97 Å². The highest BCUT2D eigenvalue weighted by atomic mass is 16.7. The summed E-state index contributed by atoms with van der Waals surface area (Å²) >= 11 is 0. The number of hydrogen-bond donors (Lipinski definition) is 1. The average Bonchev–Trinajstić information content (AvgIpc) is 2.53. The Morgan fingerprint density at radius 1 is 0.900 bits per heavy atom. The summed E-state index contributed by atoms with van der Waals surface area (Å²) in [6, 6.07) is 15.5. The lowest BCUT2D eigenvalue weighted by Crippen LogP contribution is -2.18. The first kappa shape index (κ1) is 13.8. The van der Waals surface area contributed by atoms with E-state index >= 15 is 0 Å². The predicted molar refractivity (Wildman–Crippen MR) is 72.1 cm³/mol. The molecule has 2 aromatic carbocycles. The number of carbonyl (C=O) groups is 2. The van der Waals surface area contributed by atoms with Crippen molar-refractivity contribution >= 4 is 11.8 Å². The third-order valence-corrected chi connectivity index (χ3v) is 2.64. The summed E-state index contributed by atoms with van der Waals surface area (Å²) in [5.74, 6) is 4.41. The van der Waals surface area contributed by atoms with Crippen LogP contribution in [0.1, 0.15) is 15.9 Å². The molecule has 0 heterocycles. The van der Waals surface area contributed by atoms with Gasteiger partial charge in [0.25, 0.3) is 0 Å². The highest BCUT2D eigenvalue weighted by Gasteiger charge is 2.09. The fraction of sp³-hybridized carbons (Fsp3) is 0.0667. The van der Waals surface area contributed by atoms with Gasteiger partial charge in [0.05, 0.1) is 0 Å². The molecule has 5 heteroatoms. The van der Waals surface area contributed by atoms with Gasteiger partial charge < -0.3 is 9.57 Å². The number of nitrogens with two attached hydrogens (primary N) is 1. The van der Waals surface area contributed by atoms with Crippen LogP contribution < -0.4 is 10.6 Å². The quantitative estimate of drug-likeness (QED) is 0.661. The second-order valence-corrected chi connectivity index (χ2v) is 4.00. The van der Waals surface area contributed by atoms with Gasteiger partial charge >= 0.3 is 5.97 Å². The van der Waals surface area contributed by atoms with Gasteiger partial charge in [0.1, 0.15) is 5.75 Å². The SMILES string of the molecule is NOC(=O)COc1ccc(C(=O)c2ccccc2)cc1. The van der Waals surface area contributed by atoms with Crippen molar-refractivity contribution in [1.29, 1.82) is 0 Å². The normalized spacial score (nSPS) is 9.85. The third kappa shape index (κ3) is 3.43. The Kier molecular flexibility index (Phi) is 4.47. The largest absolute Gasteiger partial charge is 0.482 e. The highest BCUT2D eigenvalue weighted by Crippen LogP contribution is 2.15. The van der Waals surface area contributed by atoms with Crippen LogP contribution >= 0.6 is 0 Å². The maximum absolute atomic E-state index is 12.1. The second-order valence-electron chi connectivity index (χ2n) is 4.00. The lowest BCUT2D eigenvalue weighted by Gasteiger charge is -2.05. The van der Waals surface area contributed by atoms with E-state index in [2.05, 4.69) is 4.84 Å². The van der Waals surface area contributed by atoms with Crippen LogP contribution in [-0.2, 0) is 9.63 Å². The van der Waals surface area contributed by atoms with E-state index in [0.717, 1.165) is 0 Å². The molecule has 0 radical (unpaired) electrons. The number of carbonyl (C=O) groups excluding carboxylic acids is 2. The Morgan fingerprint density at radius 3 is 2.10 bits per heavy atom. The standard InChI is InChI=1S/C15H13NO4/c16-20-14(17)10-19-13-8-6-12(7-9-13)15(18)11-4-2-1-3-5-11/h1-9H,10,16H2. The zero-order valence-corrected chi connectivity index (χ0v) is 10.6. The van der Waals surface area contributed by atoms with Gasteiger partial charge in [-0.3, -0.25) is 4.79 Å². The molecule has 0 bridgehead atoms. The van der Waals surface area contributed by atoms with Crippen molar-refractivity contribution in [3.8, 4) is 5.75 Å². The monoisotopic (exact) mass is 271 g/mol. The molecule has 0 spiro atoms. The van der Waals surface area contributed by atoms with Crippen molar-refractivity contribution in [3.63, 3.8) is 0 Å². The molecule has 0 saturated heterocycles. The molecule has 0 unspecified atom stereocenters. The first-order chi connectivity index (χ1) is 9.70. The summed E-state index contributed by atoms with van der Waals surface area (Å²) in [5, 5.41) is 0. The summed E-state index contributed by atoms with van der Waals surface area (Å²) in [4.78, 5) is 26.9. The summed E-state index contributed by atoms with van der Waals surface area (Å²) in [7, 11) is 0. The smallest absolute Gasteiger partial charge is 0.362 e. The second kappa shape index (κ2) is 6.49. The van der Waals surface area contributed by atoms with Crippen LogP contribution in [0.15, 0.2) is 54.6 Å². The molecule has 0 aliphatic heterocycles. The van der Waals surface area contributed by atoms with Crippen LogP contribution in [-0.4, -0.2) is 18.4 Å². The molecule has 0 saturated carbocycles. The van der Waals surface area contributed by atoms with Crippen molar-refractivity contribution in [2.45, 2.75) is 0 Å². The van der Waals surface area contributed by atoms with Crippen molar-refractivity contribution in [2.75, 3.05) is 6.61 Å². The number of ether oxygens (including phenoxy) is 1. The molecule has 2 aromatic rings. The summed E-state index contributed by atoms with van der Waals surface area (Å²) in [5.41, 5.74) is 1.16. The minimum Gasteiger partial charge on any atom is -0.482 e. The van der Waals surface area contributed by atoms with E-state index in [-0.39, 0.29) is 12.4 Å². The Labute approximate surface area is 115 Å². The molecule has 0 aromatic heterocycles. The summed E-state index contributed by atoms with van der Waals surface area (Å²) in [6.45, 7) is -0.275. The van der Waals surface area contributed by atoms with Crippen LogP contribution in [0.3, 0.4) is 0 Å². The molecule has 0 atom stereocenters. The van der Waals surface area contributed by atoms with Gasteiger partial charge in [-0.15, -0.1) is 0 Å². The number of rotatable bonds is 5. The minimum atomic E-state index is -0.672. The lowest BCUT2D eigenvalue weighted by molar-refractivity contribution is -0.146. The average molecular weight is 271 g/mol. The lowest BCUT2D eigenvalue weighted by atomic mass is 10.0. The number of hydrogen-bond acceptors (Lipinski definition) is 5. The van der Waals surface area contributed by atoms with Crippen LogP contribution in [0.25, 0.3) is 0 Å². The molecule has 0 aliphatic rings. The fourth-order valence-electron chi connectivity index (χ4n) is 1.64. The maximum Gasteiger partial charge on any atom is 0.362 e. The molecule has 0 amide bonds. The Balaban J connectivity index is 2.05. The summed E-state index contributed by atoms with van der Waals surface area (Å²) in [6.07, 6.45) is 0. The maximum atomic E-state index is 12.1. The minimum absolute atomic E-state index is 0.0708. The topological polar surface area (TPSA) is 78.6 Å². The van der Waals surface area contributed by atoms with Gasteiger partial charge in [-0.2, -0.15) is 5.90 Å². The Bertz CT molecular complexity index is 593. The van der Waals surface area contributed by atoms with E-state index in [9.17, 15) is 9.59 Å². The Hall–Kier alpha value is -2.66. The van der Waals surface area contributed by atoms with Gasteiger partial charge in [0.15, 0.2) is 12.4 Å². The number of benzene rings is 2. The van der Waals surface area contributed by atoms with Crippen LogP contribution in [0.2, 0.25) is 0 Å². The van der Waals surface area contributed by atoms with E-state index in [1.807, 2.05) is 18.2 Å². The zero-order chi connectivity index (χ0) is 14.4. The molecule has 20 heavy (non-hydrogen) atoms. The van der Waals surface area contributed by atoms with Gasteiger partial charge in [0, 0.05) is 11.1 Å². The molecule has 0 fully saturated rings. The van der Waals surface area contributed by atoms with Crippen molar-refractivity contribution in [3.05, 3.63) is 65.7 Å². The van der Waals surface area contributed by atoms with Crippen LogP contribution in [0.5, 0.6) is 5.75 Å². The van der Waals surface area contributed by atoms with Crippen LogP contribution in [0, 0.1) is 0 Å². The Morgan fingerprint density at radius 2 is 1.50 bits per heavy atom. The molecule has 2 N–H and O–H groups in total. The van der Waals surface area contributed by atoms with Crippen LogP contribution in [0.4, 0.5) is 0 Å². The summed E-state index contributed by atoms with van der Waals surface area (Å²) < 4.78 is 5.13. The van der Waals surface area contributed by atoms with Gasteiger partial charge in [-0.05, 0) is 24.3 Å². The molecule has 2 rings (SSSR count). The van der Waals surface area contributed by atoms with E-state index in [4.69, 9.17) is 10.6 Å². The van der Waals surface area contributed by atoms with Crippen molar-refractivity contribution in [1.82, 2.24) is 0 Å². The van der Waals surface area contributed by atoms with Crippen molar-refractivity contribution in [2.24, 2.45) is 5.90 Å². The first-order valence-corrected chi connectivity index (χ1v) is 5.93. The zero-order valence-electron chi connectivity index (χ0n) is 10.6. The number of ketones is 1. The molecular weight excluding hydrogens is 258 g/mol. The van der Waals surface area contributed by atoms with Gasteiger partial charge in [-0.25, -0.2) is 4.79 Å².